The summed E-state index contributed by atoms with van der Waals surface area (Å²) >= 11 is 0. The van der Waals surface area contributed by atoms with Crippen LogP contribution >= 0.6 is 0 Å². The van der Waals surface area contributed by atoms with E-state index in [1.807, 2.05) is 19.1 Å². The highest BCUT2D eigenvalue weighted by Gasteiger charge is 2.37. The van der Waals surface area contributed by atoms with Gasteiger partial charge in [0.1, 0.15) is 0 Å². The van der Waals surface area contributed by atoms with Gasteiger partial charge in [-0.05, 0) is 78.0 Å². The number of hydrogen-bond acceptors (Lipinski definition) is 5. The fraction of sp³-hybridized carbons (Fsp3) is 0.731. The maximum atomic E-state index is 10.3. The molecule has 31 heavy (non-hydrogen) atoms. The first-order chi connectivity index (χ1) is 14.5. The Morgan fingerprint density at radius 3 is 1.84 bits per heavy atom. The van der Waals surface area contributed by atoms with Crippen LogP contribution in [0.3, 0.4) is 0 Å². The van der Waals surface area contributed by atoms with E-state index in [2.05, 4.69) is 60.6 Å². The minimum atomic E-state index is -0.483. The van der Waals surface area contributed by atoms with Crippen molar-refractivity contribution in [2.75, 3.05) is 39.3 Å². The van der Waals surface area contributed by atoms with Crippen LogP contribution in [0.4, 0.5) is 0 Å². The topological polar surface area (TPSA) is 53.7 Å². The number of nitriles is 1. The van der Waals surface area contributed by atoms with Crippen molar-refractivity contribution in [3.05, 3.63) is 35.4 Å². The summed E-state index contributed by atoms with van der Waals surface area (Å²) in [6, 6.07) is 10.2. The molecular weight excluding hydrogens is 384 g/mol. The molecule has 0 aliphatic carbocycles. The molecule has 1 aromatic carbocycles. The van der Waals surface area contributed by atoms with Crippen molar-refractivity contribution in [3.8, 4) is 6.07 Å². The third-order valence-electron chi connectivity index (χ3n) is 7.76. The Morgan fingerprint density at radius 1 is 0.871 bits per heavy atom. The molecule has 0 amide bonds. The summed E-state index contributed by atoms with van der Waals surface area (Å²) in [7, 11) is 0. The first-order valence-electron chi connectivity index (χ1n) is 11.9. The smallest absolute Gasteiger partial charge is 0.0991 e. The van der Waals surface area contributed by atoms with E-state index in [1.54, 1.807) is 0 Å². The van der Waals surface area contributed by atoms with Crippen LogP contribution in [0.2, 0.25) is 0 Å². The van der Waals surface area contributed by atoms with Gasteiger partial charge in [-0.25, -0.2) is 0 Å². The lowest BCUT2D eigenvalue weighted by Gasteiger charge is -2.48. The second-order valence-electron chi connectivity index (χ2n) is 11.2. The minimum Gasteiger partial charge on any atom is -0.390 e. The van der Waals surface area contributed by atoms with E-state index in [4.69, 9.17) is 5.26 Å². The molecule has 0 aromatic heterocycles. The number of hydrogen-bond donors (Lipinski definition) is 1. The van der Waals surface area contributed by atoms with Crippen LogP contribution in [0, 0.1) is 11.3 Å². The van der Waals surface area contributed by atoms with Gasteiger partial charge in [-0.15, -0.1) is 0 Å². The van der Waals surface area contributed by atoms with Crippen LogP contribution in [-0.2, 0) is 6.54 Å². The van der Waals surface area contributed by atoms with E-state index in [-0.39, 0.29) is 11.1 Å². The van der Waals surface area contributed by atoms with E-state index in [0.717, 1.165) is 64.2 Å². The Labute approximate surface area is 189 Å². The number of piperidine rings is 1. The third kappa shape index (κ3) is 6.52. The normalized spacial score (nSPS) is 21.7. The summed E-state index contributed by atoms with van der Waals surface area (Å²) in [6.45, 7) is 18.9. The van der Waals surface area contributed by atoms with Crippen molar-refractivity contribution in [1.29, 1.82) is 5.26 Å². The lowest BCUT2D eigenvalue weighted by Crippen LogP contribution is -2.56. The Morgan fingerprint density at radius 2 is 1.35 bits per heavy atom. The first kappa shape index (κ1) is 24.2. The zero-order valence-electron chi connectivity index (χ0n) is 20.3. The highest BCUT2D eigenvalue weighted by Crippen LogP contribution is 2.32. The molecule has 2 aliphatic heterocycles. The van der Waals surface area contributed by atoms with Crippen LogP contribution in [0.25, 0.3) is 0 Å². The molecule has 0 spiro atoms. The molecule has 0 saturated carbocycles. The van der Waals surface area contributed by atoms with Crippen molar-refractivity contribution in [2.24, 2.45) is 0 Å². The zero-order valence-corrected chi connectivity index (χ0v) is 20.3. The van der Waals surface area contributed by atoms with Crippen molar-refractivity contribution < 1.29 is 5.11 Å². The van der Waals surface area contributed by atoms with Gasteiger partial charge in [-0.1, -0.05) is 12.1 Å². The summed E-state index contributed by atoms with van der Waals surface area (Å²) in [5.74, 6) is 0. The van der Waals surface area contributed by atoms with E-state index >= 15 is 0 Å². The van der Waals surface area contributed by atoms with Gasteiger partial charge in [-0.3, -0.25) is 14.7 Å². The van der Waals surface area contributed by atoms with Crippen LogP contribution in [-0.4, -0.2) is 75.8 Å². The summed E-state index contributed by atoms with van der Waals surface area (Å²) in [6.07, 6.45) is 4.11. The average molecular weight is 427 g/mol. The Balaban J connectivity index is 1.46. The number of rotatable bonds is 7. The van der Waals surface area contributed by atoms with Crippen LogP contribution < -0.4 is 0 Å². The highest BCUT2D eigenvalue weighted by molar-refractivity contribution is 5.31. The molecule has 5 nitrogen and oxygen atoms in total. The first-order valence-corrected chi connectivity index (χ1v) is 11.9. The average Bonchev–Trinajstić information content (AvgIpc) is 2.73. The van der Waals surface area contributed by atoms with Crippen molar-refractivity contribution in [2.45, 2.75) is 83.5 Å². The number of aliphatic hydroxyl groups is 1. The molecule has 2 saturated heterocycles. The molecule has 0 atom stereocenters. The van der Waals surface area contributed by atoms with Gasteiger partial charge in [0.05, 0.1) is 17.2 Å². The summed E-state index contributed by atoms with van der Waals surface area (Å²) < 4.78 is 0. The molecule has 5 heteroatoms. The molecule has 0 radical (unpaired) electrons. The third-order valence-corrected chi connectivity index (χ3v) is 7.76. The fourth-order valence-corrected chi connectivity index (χ4v) is 4.98. The van der Waals surface area contributed by atoms with Gasteiger partial charge in [-0.2, -0.15) is 5.26 Å². The molecule has 2 heterocycles. The maximum Gasteiger partial charge on any atom is 0.0991 e. The molecule has 0 bridgehead atoms. The van der Waals surface area contributed by atoms with Gasteiger partial charge >= 0.3 is 0 Å². The van der Waals surface area contributed by atoms with Gasteiger partial charge in [0.2, 0.25) is 0 Å². The molecular formula is C26H42N4O. The SMILES string of the molecule is CC1(O)CCN(C(C)(C)CCC(C)(C)N2CCN(Cc3ccc(C#N)cc3)CC2)CC1. The number of nitrogens with zero attached hydrogens (tertiary/aromatic N) is 4. The van der Waals surface area contributed by atoms with E-state index < -0.39 is 5.60 Å². The predicted molar refractivity (Wildman–Crippen MR) is 127 cm³/mol. The molecule has 1 aromatic rings. The lowest BCUT2D eigenvalue weighted by molar-refractivity contribution is -0.0386. The second-order valence-corrected chi connectivity index (χ2v) is 11.2. The van der Waals surface area contributed by atoms with E-state index in [1.165, 1.54) is 18.4 Å². The molecule has 172 valence electrons. The van der Waals surface area contributed by atoms with Crippen molar-refractivity contribution in [3.63, 3.8) is 0 Å². The Bertz CT molecular complexity index is 745. The van der Waals surface area contributed by atoms with Gasteiger partial charge < -0.3 is 5.11 Å². The molecule has 2 aliphatic rings. The standard InChI is InChI=1S/C26H42N4O/c1-24(2,29-14-12-26(5,31)13-15-29)10-11-25(3,4)30-18-16-28(17-19-30)21-23-8-6-22(20-27)7-9-23/h6-9,31H,10-19,21H2,1-5H3. The van der Waals surface area contributed by atoms with Gasteiger partial charge in [0.15, 0.2) is 0 Å². The number of likely N-dealkylation sites (tertiary alicyclic amines) is 1. The summed E-state index contributed by atoms with van der Waals surface area (Å²) in [5.41, 5.74) is 1.90. The van der Waals surface area contributed by atoms with E-state index in [9.17, 15) is 5.11 Å². The Hall–Kier alpha value is -1.45. The second kappa shape index (κ2) is 9.58. The fourth-order valence-electron chi connectivity index (χ4n) is 4.98. The van der Waals surface area contributed by atoms with Crippen molar-refractivity contribution in [1.82, 2.24) is 14.7 Å². The highest BCUT2D eigenvalue weighted by atomic mass is 16.3. The van der Waals surface area contributed by atoms with Crippen LogP contribution in [0.5, 0.6) is 0 Å². The number of piperazine rings is 1. The van der Waals surface area contributed by atoms with Gasteiger partial charge in [0.25, 0.3) is 0 Å². The van der Waals surface area contributed by atoms with E-state index in [0.29, 0.717) is 0 Å². The van der Waals surface area contributed by atoms with Crippen LogP contribution in [0.15, 0.2) is 24.3 Å². The molecule has 3 rings (SSSR count). The number of benzene rings is 1. The molecule has 0 unspecified atom stereocenters. The predicted octanol–water partition coefficient (Wildman–Crippen LogP) is 3.86. The minimum absolute atomic E-state index is 0.172. The monoisotopic (exact) mass is 426 g/mol. The van der Waals surface area contributed by atoms with Crippen LogP contribution in [0.1, 0.15) is 71.4 Å². The Kier molecular flexibility index (Phi) is 7.48. The summed E-state index contributed by atoms with van der Waals surface area (Å²) in [5, 5.41) is 19.2. The quantitative estimate of drug-likeness (QED) is 0.717. The largest absolute Gasteiger partial charge is 0.390 e. The molecule has 2 fully saturated rings. The van der Waals surface area contributed by atoms with Crippen molar-refractivity contribution >= 4 is 0 Å². The van der Waals surface area contributed by atoms with Gasteiger partial charge in [0, 0.05) is 56.9 Å². The lowest BCUT2D eigenvalue weighted by atomic mass is 9.84. The summed E-state index contributed by atoms with van der Waals surface area (Å²) in [4.78, 5) is 7.77. The molecule has 1 N–H and O–H groups in total. The zero-order chi connectivity index (χ0) is 22.7. The maximum absolute atomic E-state index is 10.3.